The van der Waals surface area contributed by atoms with Crippen LogP contribution in [0.1, 0.15) is 15.9 Å². The second-order valence-electron chi connectivity index (χ2n) is 4.05. The van der Waals surface area contributed by atoms with Crippen LogP contribution in [0.15, 0.2) is 47.4 Å². The van der Waals surface area contributed by atoms with E-state index >= 15 is 0 Å². The van der Waals surface area contributed by atoms with Gasteiger partial charge in [0.2, 0.25) is 0 Å². The molecule has 0 bridgehead atoms. The van der Waals surface area contributed by atoms with Crippen molar-refractivity contribution in [3.8, 4) is 11.5 Å². The van der Waals surface area contributed by atoms with Crippen LogP contribution in [0.5, 0.6) is 11.5 Å². The summed E-state index contributed by atoms with van der Waals surface area (Å²) in [5, 5.41) is 18.4. The first kappa shape index (κ1) is 14.4. The van der Waals surface area contributed by atoms with Gasteiger partial charge in [-0.2, -0.15) is 0 Å². The quantitative estimate of drug-likeness (QED) is 0.826. The average molecular weight is 290 g/mol. The Bertz CT molecular complexity index is 625. The minimum Gasteiger partial charge on any atom is -0.478 e. The number of carboxylic acids is 1. The second-order valence-corrected chi connectivity index (χ2v) is 4.89. The molecule has 4 nitrogen and oxygen atoms in total. The van der Waals surface area contributed by atoms with Gasteiger partial charge in [0.05, 0.1) is 6.61 Å². The predicted octanol–water partition coefficient (Wildman–Crippen LogP) is 3.39. The van der Waals surface area contributed by atoms with Crippen LogP contribution in [0.2, 0.25) is 0 Å². The summed E-state index contributed by atoms with van der Waals surface area (Å²) in [6.45, 7) is -0.0894. The molecular formula is C15H14O4S. The van der Waals surface area contributed by atoms with Gasteiger partial charge in [-0.25, -0.2) is 4.79 Å². The van der Waals surface area contributed by atoms with E-state index in [1.54, 1.807) is 42.5 Å². The average Bonchev–Trinajstić information content (AvgIpc) is 2.46. The molecule has 0 aromatic heterocycles. The van der Waals surface area contributed by atoms with Crippen molar-refractivity contribution in [2.45, 2.75) is 11.5 Å². The van der Waals surface area contributed by atoms with Gasteiger partial charge in [0, 0.05) is 4.90 Å². The van der Waals surface area contributed by atoms with Crippen LogP contribution in [-0.4, -0.2) is 22.4 Å². The van der Waals surface area contributed by atoms with E-state index in [0.717, 1.165) is 0 Å². The maximum absolute atomic E-state index is 11.4. The lowest BCUT2D eigenvalue weighted by Crippen LogP contribution is -2.02. The van der Waals surface area contributed by atoms with Crippen molar-refractivity contribution >= 4 is 17.7 Å². The summed E-state index contributed by atoms with van der Waals surface area (Å²) in [6.07, 6.45) is 1.82. The van der Waals surface area contributed by atoms with Gasteiger partial charge < -0.3 is 14.9 Å². The van der Waals surface area contributed by atoms with Crippen LogP contribution < -0.4 is 4.74 Å². The van der Waals surface area contributed by atoms with Crippen LogP contribution in [0.4, 0.5) is 0 Å². The summed E-state index contributed by atoms with van der Waals surface area (Å²) in [4.78, 5) is 12.0. The number of hydrogen-bond acceptors (Lipinski definition) is 4. The monoisotopic (exact) mass is 290 g/mol. The third kappa shape index (κ3) is 3.12. The number of aliphatic hydroxyl groups excluding tert-OH is 1. The molecule has 0 unspecified atom stereocenters. The second kappa shape index (κ2) is 6.45. The van der Waals surface area contributed by atoms with E-state index in [-0.39, 0.29) is 12.2 Å². The molecule has 0 aliphatic carbocycles. The molecule has 0 saturated carbocycles. The van der Waals surface area contributed by atoms with Crippen LogP contribution in [0, 0.1) is 0 Å². The Morgan fingerprint density at radius 2 is 2.00 bits per heavy atom. The maximum Gasteiger partial charge on any atom is 0.340 e. The van der Waals surface area contributed by atoms with Crippen LogP contribution >= 0.6 is 11.8 Å². The van der Waals surface area contributed by atoms with Crippen molar-refractivity contribution in [3.05, 3.63) is 53.6 Å². The number of rotatable bonds is 5. The van der Waals surface area contributed by atoms with Gasteiger partial charge in [-0.15, -0.1) is 11.8 Å². The summed E-state index contributed by atoms with van der Waals surface area (Å²) in [7, 11) is 0. The van der Waals surface area contributed by atoms with Crippen molar-refractivity contribution in [1.29, 1.82) is 0 Å². The highest BCUT2D eigenvalue weighted by Crippen LogP contribution is 2.32. The fraction of sp³-hybridized carbons (Fsp3) is 0.133. The lowest BCUT2D eigenvalue weighted by Gasteiger charge is -2.12. The number of aromatic carboxylic acids is 1. The molecule has 0 spiro atoms. The Morgan fingerprint density at radius 3 is 2.65 bits per heavy atom. The predicted molar refractivity (Wildman–Crippen MR) is 77.6 cm³/mol. The number of carboxylic acid groups (broad SMARTS) is 1. The number of aliphatic hydroxyl groups is 1. The Morgan fingerprint density at radius 1 is 1.25 bits per heavy atom. The zero-order valence-corrected chi connectivity index (χ0v) is 11.7. The first-order valence-corrected chi connectivity index (χ1v) is 7.16. The minimum absolute atomic E-state index is 0.0894. The molecule has 0 saturated heterocycles. The molecular weight excluding hydrogens is 276 g/mol. The van der Waals surface area contributed by atoms with E-state index in [1.165, 1.54) is 11.8 Å². The van der Waals surface area contributed by atoms with E-state index in [1.807, 2.05) is 6.26 Å². The van der Waals surface area contributed by atoms with Gasteiger partial charge in [-0.1, -0.05) is 18.2 Å². The standard InChI is InChI=1S/C15H14O4S/c1-20-13-7-3-6-12(14(13)15(17)18)19-11-5-2-4-10(8-11)9-16/h2-8,16H,9H2,1H3,(H,17,18). The first-order valence-electron chi connectivity index (χ1n) is 5.93. The molecule has 5 heteroatoms. The molecule has 0 fully saturated rings. The van der Waals surface area contributed by atoms with Crippen LogP contribution in [-0.2, 0) is 6.61 Å². The number of thioether (sulfide) groups is 1. The zero-order valence-electron chi connectivity index (χ0n) is 10.9. The molecule has 0 heterocycles. The van der Waals surface area contributed by atoms with E-state index in [9.17, 15) is 9.90 Å². The number of hydrogen-bond donors (Lipinski definition) is 2. The topological polar surface area (TPSA) is 66.8 Å². The first-order chi connectivity index (χ1) is 9.65. The lowest BCUT2D eigenvalue weighted by molar-refractivity contribution is 0.0690. The van der Waals surface area contributed by atoms with Gasteiger partial charge in [0.15, 0.2) is 0 Å². The number of benzene rings is 2. The van der Waals surface area contributed by atoms with Crippen LogP contribution in [0.25, 0.3) is 0 Å². The van der Waals surface area contributed by atoms with Gasteiger partial charge in [-0.3, -0.25) is 0 Å². The molecule has 104 valence electrons. The molecule has 0 aliphatic rings. The highest BCUT2D eigenvalue weighted by atomic mass is 32.2. The third-order valence-corrected chi connectivity index (χ3v) is 3.51. The molecule has 2 rings (SSSR count). The molecule has 2 N–H and O–H groups in total. The van der Waals surface area contributed by atoms with Gasteiger partial charge in [0.1, 0.15) is 17.1 Å². The molecule has 0 radical (unpaired) electrons. The molecule has 0 amide bonds. The summed E-state index contributed by atoms with van der Waals surface area (Å²) in [5.41, 5.74) is 0.856. The van der Waals surface area contributed by atoms with E-state index in [4.69, 9.17) is 9.84 Å². The largest absolute Gasteiger partial charge is 0.478 e. The normalized spacial score (nSPS) is 10.3. The Hall–Kier alpha value is -1.98. The van der Waals surface area contributed by atoms with Crippen molar-refractivity contribution in [2.24, 2.45) is 0 Å². The third-order valence-electron chi connectivity index (χ3n) is 2.73. The summed E-state index contributed by atoms with van der Waals surface area (Å²) in [6, 6.07) is 12.0. The van der Waals surface area contributed by atoms with E-state index in [2.05, 4.69) is 0 Å². The molecule has 2 aromatic rings. The summed E-state index contributed by atoms with van der Waals surface area (Å²) >= 11 is 1.36. The highest BCUT2D eigenvalue weighted by molar-refractivity contribution is 7.98. The molecule has 20 heavy (non-hydrogen) atoms. The summed E-state index contributed by atoms with van der Waals surface area (Å²) < 4.78 is 5.65. The van der Waals surface area contributed by atoms with E-state index < -0.39 is 5.97 Å². The zero-order chi connectivity index (χ0) is 14.5. The van der Waals surface area contributed by atoms with Crippen molar-refractivity contribution in [3.63, 3.8) is 0 Å². The Kier molecular flexibility index (Phi) is 4.65. The highest BCUT2D eigenvalue weighted by Gasteiger charge is 2.16. The maximum atomic E-state index is 11.4. The van der Waals surface area contributed by atoms with Crippen molar-refractivity contribution in [2.75, 3.05) is 6.26 Å². The Balaban J connectivity index is 2.40. The van der Waals surface area contributed by atoms with E-state index in [0.29, 0.717) is 22.0 Å². The Labute approximate surface area is 121 Å². The van der Waals surface area contributed by atoms with Crippen molar-refractivity contribution in [1.82, 2.24) is 0 Å². The fourth-order valence-corrected chi connectivity index (χ4v) is 2.42. The smallest absolute Gasteiger partial charge is 0.340 e. The van der Waals surface area contributed by atoms with Gasteiger partial charge >= 0.3 is 5.97 Å². The minimum atomic E-state index is -1.02. The number of ether oxygens (including phenoxy) is 1. The fourth-order valence-electron chi connectivity index (χ4n) is 1.81. The lowest BCUT2D eigenvalue weighted by atomic mass is 10.2. The SMILES string of the molecule is CSc1cccc(Oc2cccc(CO)c2)c1C(=O)O. The van der Waals surface area contributed by atoms with Gasteiger partial charge in [0.25, 0.3) is 0 Å². The van der Waals surface area contributed by atoms with Crippen LogP contribution in [0.3, 0.4) is 0 Å². The molecule has 0 aliphatic heterocycles. The van der Waals surface area contributed by atoms with Crippen molar-refractivity contribution < 1.29 is 19.7 Å². The molecule has 0 atom stereocenters. The molecule has 2 aromatic carbocycles. The number of carbonyl (C=O) groups is 1. The van der Waals surface area contributed by atoms with Gasteiger partial charge in [-0.05, 0) is 36.1 Å². The summed E-state index contributed by atoms with van der Waals surface area (Å²) in [5.74, 6) is -0.236.